The highest BCUT2D eigenvalue weighted by Gasteiger charge is 2.16. The molecule has 1 aromatic rings. The Hall–Kier alpha value is -0.530. The van der Waals surface area contributed by atoms with Crippen molar-refractivity contribution in [1.29, 1.82) is 0 Å². The molecule has 1 rings (SSSR count). The fourth-order valence-electron chi connectivity index (χ4n) is 1.27. The van der Waals surface area contributed by atoms with Crippen molar-refractivity contribution in [3.05, 3.63) is 21.3 Å². The summed E-state index contributed by atoms with van der Waals surface area (Å²) in [6.07, 6.45) is -0.755. The first-order valence-electron chi connectivity index (χ1n) is 7.24. The van der Waals surface area contributed by atoms with Gasteiger partial charge in [0, 0.05) is 19.8 Å². The van der Waals surface area contributed by atoms with Crippen LogP contribution in [0.5, 0.6) is 11.5 Å². The van der Waals surface area contributed by atoms with Crippen molar-refractivity contribution in [2.45, 2.75) is 6.29 Å². The maximum atomic E-state index is 7.18. The van der Waals surface area contributed by atoms with Crippen LogP contribution >= 0.6 is 22.6 Å². The van der Waals surface area contributed by atoms with Crippen LogP contribution in [0.15, 0.2) is 12.1 Å². The van der Waals surface area contributed by atoms with Crippen molar-refractivity contribution < 1.29 is 27.2 Å². The molecule has 0 amide bonds. The van der Waals surface area contributed by atoms with Gasteiger partial charge in [0.1, 0.15) is 0 Å². The van der Waals surface area contributed by atoms with Crippen LogP contribution in [0.2, 0.25) is 0 Å². The average molecular weight is 344 g/mol. The van der Waals surface area contributed by atoms with Gasteiger partial charge in [-0.1, -0.05) is 0 Å². The van der Waals surface area contributed by atoms with Crippen LogP contribution in [0.3, 0.4) is 0 Å². The van der Waals surface area contributed by atoms with E-state index in [1.165, 1.54) is 20.3 Å². The molecule has 1 aromatic carbocycles. The van der Waals surface area contributed by atoms with E-state index in [9.17, 15) is 0 Å². The van der Waals surface area contributed by atoms with Crippen LogP contribution < -0.4 is 9.47 Å². The highest BCUT2D eigenvalue weighted by Crippen LogP contribution is 2.35. The van der Waals surface area contributed by atoms with E-state index in [-0.39, 0.29) is 11.5 Å². The fraction of sp³-hybridized carbons (Fsp3) is 0.455. The van der Waals surface area contributed by atoms with Crippen molar-refractivity contribution in [2.75, 3.05) is 28.3 Å². The van der Waals surface area contributed by atoms with Gasteiger partial charge < -0.3 is 18.9 Å². The molecular weight excluding hydrogens is 323 g/mol. The molecule has 0 fully saturated rings. The third-order valence-electron chi connectivity index (χ3n) is 1.94. The van der Waals surface area contributed by atoms with E-state index >= 15 is 0 Å². The fourth-order valence-corrected chi connectivity index (χ4v) is 2.00. The average Bonchev–Trinajstić information content (AvgIpc) is 2.32. The second-order valence-corrected chi connectivity index (χ2v) is 4.00. The minimum Gasteiger partial charge on any atom is -0.493 e. The van der Waals surface area contributed by atoms with Crippen molar-refractivity contribution in [2.24, 2.45) is 0 Å². The van der Waals surface area contributed by atoms with Crippen molar-refractivity contribution in [1.82, 2.24) is 0 Å². The number of halogens is 1. The summed E-state index contributed by atoms with van der Waals surface area (Å²) in [5.41, 5.74) is 0.464. The van der Waals surface area contributed by atoms with Gasteiger partial charge in [0.2, 0.25) is 0 Å². The molecule has 0 spiro atoms. The second-order valence-electron chi connectivity index (χ2n) is 2.84. The normalized spacial score (nSPS) is 17.8. The lowest BCUT2D eigenvalue weighted by Gasteiger charge is -2.17. The summed E-state index contributed by atoms with van der Waals surface area (Å²) < 4.78 is 63.3. The topological polar surface area (TPSA) is 36.9 Å². The molecule has 0 saturated heterocycles. The Balaban J connectivity index is 3.36. The van der Waals surface area contributed by atoms with Crippen molar-refractivity contribution in [3.8, 4) is 11.5 Å². The van der Waals surface area contributed by atoms with Gasteiger partial charge in [0.05, 0.1) is 25.9 Å². The summed E-state index contributed by atoms with van der Waals surface area (Å²) in [6.45, 7) is 0. The van der Waals surface area contributed by atoms with Gasteiger partial charge in [-0.25, -0.2) is 0 Å². The Labute approximate surface area is 117 Å². The molecule has 90 valence electrons. The summed E-state index contributed by atoms with van der Waals surface area (Å²) in [6, 6.07) is 2.87. The van der Waals surface area contributed by atoms with E-state index in [2.05, 4.69) is 0 Å². The monoisotopic (exact) mass is 344 g/mol. The van der Waals surface area contributed by atoms with Crippen LogP contribution in [0.25, 0.3) is 0 Å². The number of rotatable bonds is 5. The third kappa shape index (κ3) is 2.78. The predicted octanol–water partition coefficient (Wildman–Crippen LogP) is 2.60. The molecule has 0 radical (unpaired) electrons. The molecule has 0 saturated carbocycles. The Morgan fingerprint density at radius 1 is 1.19 bits per heavy atom. The highest BCUT2D eigenvalue weighted by molar-refractivity contribution is 14.1. The van der Waals surface area contributed by atoms with E-state index in [0.29, 0.717) is 9.13 Å². The second kappa shape index (κ2) is 6.27. The predicted molar refractivity (Wildman–Crippen MR) is 69.0 cm³/mol. The quantitative estimate of drug-likeness (QED) is 0.608. The van der Waals surface area contributed by atoms with Gasteiger partial charge in [-0.15, -0.1) is 0 Å². The number of methoxy groups -OCH3 is 4. The zero-order valence-electron chi connectivity index (χ0n) is 14.7. The smallest absolute Gasteiger partial charge is 0.183 e. The van der Waals surface area contributed by atoms with Gasteiger partial charge in [-0.05, 0) is 34.7 Å². The van der Waals surface area contributed by atoms with Gasteiger partial charge in [-0.2, -0.15) is 0 Å². The summed E-state index contributed by atoms with van der Waals surface area (Å²) in [5, 5.41) is 0. The zero-order chi connectivity index (χ0) is 17.1. The summed E-state index contributed by atoms with van der Waals surface area (Å²) in [4.78, 5) is 0. The van der Waals surface area contributed by atoms with E-state index in [4.69, 9.17) is 27.2 Å². The van der Waals surface area contributed by atoms with Crippen LogP contribution in [0.4, 0.5) is 0 Å². The van der Waals surface area contributed by atoms with Crippen LogP contribution in [-0.2, 0) is 9.47 Å². The van der Waals surface area contributed by atoms with Gasteiger partial charge >= 0.3 is 0 Å². The van der Waals surface area contributed by atoms with Gasteiger partial charge in [0.25, 0.3) is 0 Å². The van der Waals surface area contributed by atoms with E-state index < -0.39 is 20.4 Å². The lowest BCUT2D eigenvalue weighted by atomic mass is 10.2. The molecule has 0 unspecified atom stereocenters. The largest absolute Gasteiger partial charge is 0.493 e. The van der Waals surface area contributed by atoms with E-state index in [0.717, 1.165) is 0 Å². The molecular formula is C11H15IO4. The molecule has 0 bridgehead atoms. The number of benzene rings is 1. The number of hydrogen-bond acceptors (Lipinski definition) is 4. The van der Waals surface area contributed by atoms with Crippen LogP contribution in [0, 0.1) is 3.57 Å². The SMILES string of the molecule is [2H]C([2H])([2H])Oc1cc(C(OC)OC)cc(I)c1OC([2H])([2H])[2H]. The van der Waals surface area contributed by atoms with E-state index in [1.54, 1.807) is 6.07 Å². The Bertz CT molecular complexity index is 513. The lowest BCUT2D eigenvalue weighted by molar-refractivity contribution is -0.106. The molecule has 0 aliphatic heterocycles. The highest BCUT2D eigenvalue weighted by atomic mass is 127. The summed E-state index contributed by atoms with van der Waals surface area (Å²) in [7, 11) is -2.67. The van der Waals surface area contributed by atoms with Crippen LogP contribution in [0.1, 0.15) is 20.1 Å². The number of hydrogen-bond donors (Lipinski definition) is 0. The molecule has 0 N–H and O–H groups in total. The molecule has 0 heterocycles. The standard InChI is InChI=1S/C11H15IO4/c1-13-9-6-7(11(15-3)16-4)5-8(12)10(9)14-2/h5-6,11H,1-4H3/i1D3,2D3. The molecule has 16 heavy (non-hydrogen) atoms. The van der Waals surface area contributed by atoms with Crippen molar-refractivity contribution >= 4 is 22.6 Å². The third-order valence-corrected chi connectivity index (χ3v) is 2.75. The van der Waals surface area contributed by atoms with Gasteiger partial charge in [0.15, 0.2) is 17.8 Å². The maximum absolute atomic E-state index is 7.18. The summed E-state index contributed by atoms with van der Waals surface area (Å²) >= 11 is 1.82. The Kier molecular flexibility index (Phi) is 2.75. The number of ether oxygens (including phenoxy) is 4. The summed E-state index contributed by atoms with van der Waals surface area (Å²) in [5.74, 6) is -0.399. The first kappa shape index (κ1) is 7.03. The van der Waals surface area contributed by atoms with Crippen molar-refractivity contribution in [3.63, 3.8) is 0 Å². The molecule has 0 aromatic heterocycles. The first-order valence-corrected chi connectivity index (χ1v) is 5.32. The molecule has 0 aliphatic rings. The zero-order valence-corrected chi connectivity index (χ0v) is 10.9. The van der Waals surface area contributed by atoms with E-state index in [1.807, 2.05) is 22.6 Å². The Morgan fingerprint density at radius 3 is 2.44 bits per heavy atom. The lowest BCUT2D eigenvalue weighted by Crippen LogP contribution is -2.05. The molecule has 5 heteroatoms. The first-order chi connectivity index (χ1) is 9.96. The Morgan fingerprint density at radius 2 is 1.88 bits per heavy atom. The molecule has 4 nitrogen and oxygen atoms in total. The maximum Gasteiger partial charge on any atom is 0.183 e. The molecule has 0 aliphatic carbocycles. The minimum atomic E-state index is -2.76. The molecule has 0 atom stereocenters. The minimum absolute atomic E-state index is 0.175. The van der Waals surface area contributed by atoms with Gasteiger partial charge in [-0.3, -0.25) is 0 Å². The van der Waals surface area contributed by atoms with Crippen LogP contribution in [-0.4, -0.2) is 28.3 Å².